The molecule has 122 valence electrons. The summed E-state index contributed by atoms with van der Waals surface area (Å²) >= 11 is 1.11. The third-order valence-electron chi connectivity index (χ3n) is 3.17. The molecule has 0 aliphatic rings. The monoisotopic (exact) mass is 358 g/mol. The Morgan fingerprint density at radius 1 is 1.08 bits per heavy atom. The highest BCUT2D eigenvalue weighted by atomic mass is 32.3. The van der Waals surface area contributed by atoms with Crippen LogP contribution < -0.4 is 9.92 Å². The molecule has 5 nitrogen and oxygen atoms in total. The molecule has 3 rings (SSSR count). The van der Waals surface area contributed by atoms with Crippen LogP contribution in [-0.2, 0) is 10.1 Å². The van der Waals surface area contributed by atoms with Crippen molar-refractivity contribution in [3.05, 3.63) is 71.4 Å². The molecule has 24 heavy (non-hydrogen) atoms. The Labute approximate surface area is 144 Å². The van der Waals surface area contributed by atoms with Crippen molar-refractivity contribution in [2.45, 2.75) is 4.21 Å². The number of aromatic nitrogens is 1. The van der Waals surface area contributed by atoms with E-state index in [1.54, 1.807) is 42.0 Å². The SMILES string of the molecule is Nc1ccc(OS(=O)(=O)c2cccs2)cc1/C=C/c1ccncc1. The number of hydrogen-bond acceptors (Lipinski definition) is 6. The van der Waals surface area contributed by atoms with Gasteiger partial charge in [-0.15, -0.1) is 11.3 Å². The van der Waals surface area contributed by atoms with Gasteiger partial charge >= 0.3 is 10.1 Å². The van der Waals surface area contributed by atoms with E-state index in [0.717, 1.165) is 16.9 Å². The van der Waals surface area contributed by atoms with Crippen molar-refractivity contribution in [1.29, 1.82) is 0 Å². The molecule has 0 fully saturated rings. The van der Waals surface area contributed by atoms with Gasteiger partial charge in [0.05, 0.1) is 0 Å². The maximum atomic E-state index is 12.2. The number of nitrogens with two attached hydrogens (primary N) is 1. The van der Waals surface area contributed by atoms with Crippen LogP contribution in [0.25, 0.3) is 12.2 Å². The second kappa shape index (κ2) is 6.86. The number of nitrogen functional groups attached to an aromatic ring is 1. The first-order valence-electron chi connectivity index (χ1n) is 7.00. The molecule has 0 unspecified atom stereocenters. The topological polar surface area (TPSA) is 82.3 Å². The van der Waals surface area contributed by atoms with Crippen LogP contribution in [0.1, 0.15) is 11.1 Å². The van der Waals surface area contributed by atoms with Gasteiger partial charge in [-0.1, -0.05) is 18.2 Å². The van der Waals surface area contributed by atoms with Gasteiger partial charge in [0.15, 0.2) is 4.21 Å². The smallest absolute Gasteiger partial charge is 0.348 e. The summed E-state index contributed by atoms with van der Waals surface area (Å²) in [6, 6.07) is 11.6. The Hall–Kier alpha value is -2.64. The average molecular weight is 358 g/mol. The molecule has 2 aromatic heterocycles. The molecule has 1 aromatic carbocycles. The van der Waals surface area contributed by atoms with Gasteiger partial charge in [-0.25, -0.2) is 0 Å². The molecule has 0 amide bonds. The molecular weight excluding hydrogens is 344 g/mol. The molecule has 0 aliphatic carbocycles. The normalized spacial score (nSPS) is 11.7. The lowest BCUT2D eigenvalue weighted by molar-refractivity contribution is 0.488. The summed E-state index contributed by atoms with van der Waals surface area (Å²) in [4.78, 5) is 3.95. The summed E-state index contributed by atoms with van der Waals surface area (Å²) in [5.74, 6) is 0.215. The lowest BCUT2D eigenvalue weighted by Gasteiger charge is -2.07. The van der Waals surface area contributed by atoms with E-state index >= 15 is 0 Å². The lowest BCUT2D eigenvalue weighted by Crippen LogP contribution is -2.08. The third-order valence-corrected chi connectivity index (χ3v) is 5.77. The summed E-state index contributed by atoms with van der Waals surface area (Å²) in [6.07, 6.45) is 7.05. The van der Waals surface area contributed by atoms with Gasteiger partial charge in [-0.3, -0.25) is 4.98 Å². The molecule has 0 bridgehead atoms. The molecule has 0 radical (unpaired) electrons. The van der Waals surface area contributed by atoms with Gasteiger partial charge in [0.2, 0.25) is 0 Å². The Balaban J connectivity index is 1.85. The first-order valence-corrected chi connectivity index (χ1v) is 9.29. The highest BCUT2D eigenvalue weighted by Gasteiger charge is 2.17. The van der Waals surface area contributed by atoms with E-state index in [0.29, 0.717) is 11.3 Å². The van der Waals surface area contributed by atoms with Crippen LogP contribution in [0.5, 0.6) is 5.75 Å². The van der Waals surface area contributed by atoms with Crippen molar-refractivity contribution >= 4 is 39.3 Å². The summed E-state index contributed by atoms with van der Waals surface area (Å²) < 4.78 is 29.7. The number of pyridine rings is 1. The van der Waals surface area contributed by atoms with Crippen LogP contribution >= 0.6 is 11.3 Å². The van der Waals surface area contributed by atoms with Crippen LogP contribution in [0.3, 0.4) is 0 Å². The second-order valence-corrected chi connectivity index (χ2v) is 7.60. The van der Waals surface area contributed by atoms with Gasteiger partial charge < -0.3 is 9.92 Å². The van der Waals surface area contributed by atoms with E-state index in [2.05, 4.69) is 4.98 Å². The van der Waals surface area contributed by atoms with E-state index in [1.807, 2.05) is 18.2 Å². The van der Waals surface area contributed by atoms with Crippen molar-refractivity contribution in [3.63, 3.8) is 0 Å². The summed E-state index contributed by atoms with van der Waals surface area (Å²) in [6.45, 7) is 0. The Kier molecular flexibility index (Phi) is 4.64. The zero-order valence-corrected chi connectivity index (χ0v) is 14.1. The third kappa shape index (κ3) is 3.81. The van der Waals surface area contributed by atoms with E-state index in [9.17, 15) is 8.42 Å². The van der Waals surface area contributed by atoms with Crippen molar-refractivity contribution in [1.82, 2.24) is 4.98 Å². The zero-order chi connectivity index (χ0) is 17.0. The van der Waals surface area contributed by atoms with E-state index in [-0.39, 0.29) is 9.96 Å². The largest absolute Gasteiger partial charge is 0.398 e. The van der Waals surface area contributed by atoms with Crippen molar-refractivity contribution in [3.8, 4) is 5.75 Å². The van der Waals surface area contributed by atoms with Gasteiger partial charge in [-0.2, -0.15) is 8.42 Å². The number of nitrogens with zero attached hydrogens (tertiary/aromatic N) is 1. The van der Waals surface area contributed by atoms with Crippen molar-refractivity contribution < 1.29 is 12.6 Å². The number of benzene rings is 1. The minimum Gasteiger partial charge on any atom is -0.398 e. The zero-order valence-electron chi connectivity index (χ0n) is 12.5. The second-order valence-electron chi connectivity index (χ2n) is 4.87. The van der Waals surface area contributed by atoms with E-state index < -0.39 is 10.1 Å². The number of anilines is 1. The first-order chi connectivity index (χ1) is 11.5. The Morgan fingerprint density at radius 2 is 1.88 bits per heavy atom. The summed E-state index contributed by atoms with van der Waals surface area (Å²) in [5, 5.41) is 1.68. The van der Waals surface area contributed by atoms with Gasteiger partial charge in [0, 0.05) is 23.6 Å². The first kappa shape index (κ1) is 16.2. The quantitative estimate of drug-likeness (QED) is 0.556. The number of rotatable bonds is 5. The molecule has 3 aromatic rings. The predicted molar refractivity (Wildman–Crippen MR) is 96.2 cm³/mol. The van der Waals surface area contributed by atoms with Gasteiger partial charge in [-0.05, 0) is 47.3 Å². The molecular formula is C17H14N2O3S2. The molecule has 2 heterocycles. The lowest BCUT2D eigenvalue weighted by atomic mass is 10.1. The maximum absolute atomic E-state index is 12.2. The van der Waals surface area contributed by atoms with Crippen LogP contribution in [0, 0.1) is 0 Å². The Morgan fingerprint density at radius 3 is 2.58 bits per heavy atom. The predicted octanol–water partition coefficient (Wildman–Crippen LogP) is 3.66. The molecule has 7 heteroatoms. The number of thiophene rings is 1. The average Bonchev–Trinajstić information content (AvgIpc) is 3.12. The van der Waals surface area contributed by atoms with Crippen LogP contribution in [0.4, 0.5) is 5.69 Å². The fraction of sp³-hybridized carbons (Fsp3) is 0. The number of hydrogen-bond donors (Lipinski definition) is 1. The van der Waals surface area contributed by atoms with Gasteiger partial charge in [0.25, 0.3) is 0 Å². The molecule has 0 saturated carbocycles. The van der Waals surface area contributed by atoms with E-state index in [1.165, 1.54) is 12.1 Å². The van der Waals surface area contributed by atoms with Gasteiger partial charge in [0.1, 0.15) is 5.75 Å². The van der Waals surface area contributed by atoms with Crippen LogP contribution in [-0.4, -0.2) is 13.4 Å². The van der Waals surface area contributed by atoms with Crippen molar-refractivity contribution in [2.24, 2.45) is 0 Å². The molecule has 0 spiro atoms. The molecule has 0 atom stereocenters. The molecule has 0 aliphatic heterocycles. The highest BCUT2D eigenvalue weighted by molar-refractivity contribution is 7.89. The van der Waals surface area contributed by atoms with E-state index in [4.69, 9.17) is 9.92 Å². The molecule has 0 saturated heterocycles. The van der Waals surface area contributed by atoms with Crippen molar-refractivity contribution in [2.75, 3.05) is 5.73 Å². The van der Waals surface area contributed by atoms with Crippen LogP contribution in [0.15, 0.2) is 64.4 Å². The summed E-state index contributed by atoms with van der Waals surface area (Å²) in [5.41, 5.74) is 8.11. The molecule has 2 N–H and O–H groups in total. The minimum absolute atomic E-state index is 0.160. The fourth-order valence-corrected chi connectivity index (χ4v) is 3.86. The highest BCUT2D eigenvalue weighted by Crippen LogP contribution is 2.26. The Bertz CT molecular complexity index is 951. The summed E-state index contributed by atoms with van der Waals surface area (Å²) in [7, 11) is -3.82. The fourth-order valence-electron chi connectivity index (χ4n) is 1.98. The van der Waals surface area contributed by atoms with Crippen LogP contribution in [0.2, 0.25) is 0 Å². The minimum atomic E-state index is -3.82. The standard InChI is InChI=1S/C17H14N2O3S2/c18-16-6-5-15(22-24(20,21)17-2-1-11-23-17)12-14(16)4-3-13-7-9-19-10-8-13/h1-12H,18H2/b4-3+. The maximum Gasteiger partial charge on any atom is 0.348 e.